The summed E-state index contributed by atoms with van der Waals surface area (Å²) in [4.78, 5) is 11.8. The zero-order chi connectivity index (χ0) is 16.7. The first-order valence-electron chi connectivity index (χ1n) is 7.95. The normalized spacial score (nSPS) is 19.5. The van der Waals surface area contributed by atoms with E-state index >= 15 is 0 Å². The molecule has 0 unspecified atom stereocenters. The van der Waals surface area contributed by atoms with Crippen LogP contribution in [-0.2, 0) is 0 Å². The quantitative estimate of drug-likeness (QED) is 0.714. The molecule has 1 spiro atoms. The molecule has 0 amide bonds. The molecule has 0 bridgehead atoms. The van der Waals surface area contributed by atoms with E-state index in [-0.39, 0.29) is 0 Å². The summed E-state index contributed by atoms with van der Waals surface area (Å²) in [5.41, 5.74) is 2.13. The van der Waals surface area contributed by atoms with E-state index in [1.807, 2.05) is 30.3 Å². The van der Waals surface area contributed by atoms with E-state index in [1.54, 1.807) is 6.20 Å². The standard InChI is InChI=1S/C18H17BrClN3O/c1-23-8-5-18(6-9-23)22-17(15-4-2-3-7-21-15)12-10-13(19)14(20)11-16(12)24-18/h2-4,7,10-11H,5-6,8-9H2,1H3. The second-order valence-electron chi connectivity index (χ2n) is 6.29. The van der Waals surface area contributed by atoms with Crippen molar-refractivity contribution >= 4 is 33.2 Å². The third kappa shape index (κ3) is 2.85. The molecule has 6 heteroatoms. The van der Waals surface area contributed by atoms with Crippen molar-refractivity contribution in [2.45, 2.75) is 18.6 Å². The van der Waals surface area contributed by atoms with E-state index < -0.39 is 5.72 Å². The lowest BCUT2D eigenvalue weighted by Crippen LogP contribution is -2.48. The molecule has 2 aromatic rings. The number of aromatic nitrogens is 1. The van der Waals surface area contributed by atoms with Gasteiger partial charge < -0.3 is 9.64 Å². The fourth-order valence-corrected chi connectivity index (χ4v) is 3.67. The van der Waals surface area contributed by atoms with Gasteiger partial charge in [-0.1, -0.05) is 17.7 Å². The number of likely N-dealkylation sites (tertiary alicyclic amines) is 1. The lowest BCUT2D eigenvalue weighted by atomic mass is 9.96. The Morgan fingerprint density at radius 1 is 1.25 bits per heavy atom. The molecule has 4 rings (SSSR count). The molecule has 1 aromatic carbocycles. The van der Waals surface area contributed by atoms with Crippen molar-refractivity contribution < 1.29 is 4.74 Å². The number of halogens is 2. The topological polar surface area (TPSA) is 37.7 Å². The summed E-state index contributed by atoms with van der Waals surface area (Å²) in [5, 5.41) is 0.638. The Bertz CT molecular complexity index is 801. The highest BCUT2D eigenvalue weighted by Gasteiger charge is 2.40. The van der Waals surface area contributed by atoms with Gasteiger partial charge in [0.05, 0.1) is 16.4 Å². The van der Waals surface area contributed by atoms with Crippen LogP contribution in [0.1, 0.15) is 24.1 Å². The highest BCUT2D eigenvalue weighted by Crippen LogP contribution is 2.41. The largest absolute Gasteiger partial charge is 0.465 e. The zero-order valence-corrected chi connectivity index (χ0v) is 15.6. The first-order chi connectivity index (χ1) is 11.6. The number of piperidine rings is 1. The Kier molecular flexibility index (Phi) is 4.11. The molecule has 3 heterocycles. The van der Waals surface area contributed by atoms with Gasteiger partial charge in [0.15, 0.2) is 0 Å². The van der Waals surface area contributed by atoms with Gasteiger partial charge in [0, 0.05) is 48.2 Å². The van der Waals surface area contributed by atoms with E-state index in [0.29, 0.717) is 5.02 Å². The van der Waals surface area contributed by atoms with Crippen LogP contribution in [0.3, 0.4) is 0 Å². The van der Waals surface area contributed by atoms with Crippen LogP contribution in [0.15, 0.2) is 46.0 Å². The molecule has 0 radical (unpaired) electrons. The average molecular weight is 407 g/mol. The fourth-order valence-electron chi connectivity index (χ4n) is 3.17. The fraction of sp³-hybridized carbons (Fsp3) is 0.333. The van der Waals surface area contributed by atoms with Crippen molar-refractivity contribution in [1.29, 1.82) is 0 Å². The van der Waals surface area contributed by atoms with E-state index in [2.05, 4.69) is 32.9 Å². The molecule has 0 aliphatic carbocycles. The van der Waals surface area contributed by atoms with Crippen molar-refractivity contribution in [3.63, 3.8) is 0 Å². The minimum atomic E-state index is -0.524. The van der Waals surface area contributed by atoms with E-state index in [0.717, 1.165) is 53.1 Å². The van der Waals surface area contributed by atoms with Gasteiger partial charge in [-0.25, -0.2) is 4.99 Å². The Labute approximate surface area is 154 Å². The summed E-state index contributed by atoms with van der Waals surface area (Å²) < 4.78 is 7.18. The second-order valence-corrected chi connectivity index (χ2v) is 7.55. The predicted octanol–water partition coefficient (Wildman–Crippen LogP) is 4.15. The number of rotatable bonds is 1. The van der Waals surface area contributed by atoms with Crippen LogP contribution in [0.5, 0.6) is 5.75 Å². The number of aliphatic imine (C=N–C) groups is 1. The second kappa shape index (κ2) is 6.14. The molecule has 2 aliphatic rings. The van der Waals surface area contributed by atoms with Crippen molar-refractivity contribution in [1.82, 2.24) is 9.88 Å². The molecular formula is C18H17BrClN3O. The molecule has 24 heavy (non-hydrogen) atoms. The van der Waals surface area contributed by atoms with Gasteiger partial charge in [-0.2, -0.15) is 0 Å². The Morgan fingerprint density at radius 2 is 2.04 bits per heavy atom. The smallest absolute Gasteiger partial charge is 0.203 e. The number of nitrogens with zero attached hydrogens (tertiary/aromatic N) is 3. The molecule has 2 aliphatic heterocycles. The highest BCUT2D eigenvalue weighted by molar-refractivity contribution is 9.10. The van der Waals surface area contributed by atoms with Crippen LogP contribution >= 0.6 is 27.5 Å². The third-order valence-corrected chi connectivity index (χ3v) is 5.77. The first-order valence-corrected chi connectivity index (χ1v) is 9.12. The third-order valence-electron chi connectivity index (χ3n) is 4.57. The molecule has 0 saturated carbocycles. The van der Waals surface area contributed by atoms with Gasteiger partial charge >= 0.3 is 0 Å². The van der Waals surface area contributed by atoms with Crippen LogP contribution in [0.4, 0.5) is 0 Å². The van der Waals surface area contributed by atoms with E-state index in [4.69, 9.17) is 21.3 Å². The van der Waals surface area contributed by atoms with Crippen LogP contribution in [0, 0.1) is 0 Å². The van der Waals surface area contributed by atoms with Crippen LogP contribution in [0.25, 0.3) is 0 Å². The molecule has 4 nitrogen and oxygen atoms in total. The minimum absolute atomic E-state index is 0.524. The Balaban J connectivity index is 1.86. The summed E-state index contributed by atoms with van der Waals surface area (Å²) in [5.74, 6) is 0.781. The monoisotopic (exact) mass is 405 g/mol. The summed E-state index contributed by atoms with van der Waals surface area (Å²) in [6, 6.07) is 9.71. The maximum absolute atomic E-state index is 6.35. The van der Waals surface area contributed by atoms with Gasteiger partial charge in [0.25, 0.3) is 0 Å². The van der Waals surface area contributed by atoms with Crippen molar-refractivity contribution in [2.24, 2.45) is 4.99 Å². The number of pyridine rings is 1. The molecule has 1 aromatic heterocycles. The van der Waals surface area contributed by atoms with Crippen molar-refractivity contribution in [3.8, 4) is 5.75 Å². The highest BCUT2D eigenvalue weighted by atomic mass is 79.9. The maximum Gasteiger partial charge on any atom is 0.203 e. The molecule has 1 saturated heterocycles. The first kappa shape index (κ1) is 16.1. The Hall–Kier alpha value is -1.43. The number of hydrogen-bond donors (Lipinski definition) is 0. The predicted molar refractivity (Wildman–Crippen MR) is 99.1 cm³/mol. The number of fused-ring (bicyclic) bond motifs is 1. The van der Waals surface area contributed by atoms with Gasteiger partial charge in [-0.3, -0.25) is 4.98 Å². The van der Waals surface area contributed by atoms with E-state index in [9.17, 15) is 0 Å². The summed E-state index contributed by atoms with van der Waals surface area (Å²) in [7, 11) is 2.13. The zero-order valence-electron chi connectivity index (χ0n) is 13.3. The van der Waals surface area contributed by atoms with E-state index in [1.165, 1.54) is 0 Å². The van der Waals surface area contributed by atoms with Gasteiger partial charge in [-0.05, 0) is 41.2 Å². The number of benzene rings is 1. The van der Waals surface area contributed by atoms with Crippen LogP contribution in [-0.4, -0.2) is 41.5 Å². The van der Waals surface area contributed by atoms with Gasteiger partial charge in [-0.15, -0.1) is 0 Å². The SMILES string of the molecule is CN1CCC2(CC1)N=C(c1ccccn1)c1cc(Br)c(Cl)cc1O2. The lowest BCUT2D eigenvalue weighted by molar-refractivity contribution is 0.0127. The summed E-state index contributed by atoms with van der Waals surface area (Å²) in [6.07, 6.45) is 3.50. The molecule has 124 valence electrons. The maximum atomic E-state index is 6.35. The summed E-state index contributed by atoms with van der Waals surface area (Å²) in [6.45, 7) is 1.91. The number of hydrogen-bond acceptors (Lipinski definition) is 4. The molecular weight excluding hydrogens is 390 g/mol. The molecule has 0 N–H and O–H groups in total. The van der Waals surface area contributed by atoms with Gasteiger partial charge in [0.1, 0.15) is 5.75 Å². The summed E-state index contributed by atoms with van der Waals surface area (Å²) >= 11 is 9.80. The molecule has 0 atom stereocenters. The molecule has 1 fully saturated rings. The van der Waals surface area contributed by atoms with Gasteiger partial charge in [0.2, 0.25) is 5.72 Å². The average Bonchev–Trinajstić information content (AvgIpc) is 2.60. The van der Waals surface area contributed by atoms with Crippen LogP contribution < -0.4 is 4.74 Å². The van der Waals surface area contributed by atoms with Crippen LogP contribution in [0.2, 0.25) is 5.02 Å². The minimum Gasteiger partial charge on any atom is -0.465 e. The lowest BCUT2D eigenvalue weighted by Gasteiger charge is -2.41. The van der Waals surface area contributed by atoms with Crippen molar-refractivity contribution in [2.75, 3.05) is 20.1 Å². The van der Waals surface area contributed by atoms with Crippen molar-refractivity contribution in [3.05, 3.63) is 57.3 Å². The number of ether oxygens (including phenoxy) is 1. The Morgan fingerprint density at radius 3 is 2.75 bits per heavy atom.